The van der Waals surface area contributed by atoms with Crippen molar-refractivity contribution in [1.29, 1.82) is 5.26 Å². The van der Waals surface area contributed by atoms with Crippen LogP contribution in [0.4, 0.5) is 0 Å². The molecule has 0 spiro atoms. The van der Waals surface area contributed by atoms with Crippen molar-refractivity contribution < 1.29 is 0 Å². The third kappa shape index (κ3) is 4.97. The lowest BCUT2D eigenvalue weighted by Gasteiger charge is -2.03. The quantitative estimate of drug-likeness (QED) is 0.481. The Morgan fingerprint density at radius 3 is 2.54 bits per heavy atom. The van der Waals surface area contributed by atoms with Crippen LogP contribution in [0.25, 0.3) is 0 Å². The standard InChI is InChI=1S/C11H16N2/c1-5-6-9(2)10(3)8-13-11(4)7-12/h5-6,8-9H,1-4H3/b6-5-,10-8+,13-11?. The number of aliphatic imine (C=N–C) groups is 1. The second kappa shape index (κ2) is 6.19. The number of rotatable bonds is 3. The van der Waals surface area contributed by atoms with Crippen LogP contribution >= 0.6 is 0 Å². The second-order valence-corrected chi connectivity index (χ2v) is 3.01. The fourth-order valence-electron chi connectivity index (χ4n) is 0.786. The number of hydrogen-bond donors (Lipinski definition) is 0. The van der Waals surface area contributed by atoms with E-state index in [-0.39, 0.29) is 0 Å². The first-order chi connectivity index (χ1) is 6.11. The zero-order valence-electron chi connectivity index (χ0n) is 8.70. The molecule has 1 unspecified atom stereocenters. The molecule has 1 atom stereocenters. The molecule has 0 bridgehead atoms. The lowest BCUT2D eigenvalue weighted by Crippen LogP contribution is -1.91. The minimum absolute atomic E-state index is 0.389. The number of nitriles is 1. The second-order valence-electron chi connectivity index (χ2n) is 3.01. The van der Waals surface area contributed by atoms with E-state index in [0.29, 0.717) is 11.6 Å². The third-order valence-corrected chi connectivity index (χ3v) is 1.82. The van der Waals surface area contributed by atoms with Gasteiger partial charge in [-0.25, -0.2) is 0 Å². The molecular weight excluding hydrogens is 160 g/mol. The molecule has 0 aromatic rings. The summed E-state index contributed by atoms with van der Waals surface area (Å²) in [5, 5.41) is 8.47. The third-order valence-electron chi connectivity index (χ3n) is 1.82. The molecule has 0 aromatic heterocycles. The minimum atomic E-state index is 0.389. The first-order valence-electron chi connectivity index (χ1n) is 4.35. The van der Waals surface area contributed by atoms with Crippen LogP contribution in [-0.4, -0.2) is 5.71 Å². The van der Waals surface area contributed by atoms with E-state index in [4.69, 9.17) is 5.26 Å². The van der Waals surface area contributed by atoms with Crippen LogP contribution in [0, 0.1) is 17.2 Å². The van der Waals surface area contributed by atoms with Crippen LogP contribution in [0.5, 0.6) is 0 Å². The predicted octanol–water partition coefficient (Wildman–Crippen LogP) is 3.09. The van der Waals surface area contributed by atoms with Gasteiger partial charge in [0.2, 0.25) is 0 Å². The van der Waals surface area contributed by atoms with Crippen LogP contribution in [0.3, 0.4) is 0 Å². The van der Waals surface area contributed by atoms with E-state index < -0.39 is 0 Å². The molecule has 2 nitrogen and oxygen atoms in total. The van der Waals surface area contributed by atoms with E-state index in [2.05, 4.69) is 18.0 Å². The summed E-state index contributed by atoms with van der Waals surface area (Å²) in [4.78, 5) is 4.01. The Labute approximate surface area is 80.3 Å². The molecule has 0 rings (SSSR count). The molecule has 0 amide bonds. The average molecular weight is 176 g/mol. The van der Waals surface area contributed by atoms with Gasteiger partial charge in [0, 0.05) is 6.20 Å². The molecule has 0 aliphatic rings. The summed E-state index contributed by atoms with van der Waals surface area (Å²) in [6, 6.07) is 1.98. The Bertz CT molecular complexity index is 277. The maximum Gasteiger partial charge on any atom is 0.115 e. The molecule has 0 radical (unpaired) electrons. The van der Waals surface area contributed by atoms with E-state index in [1.54, 1.807) is 13.1 Å². The summed E-state index contributed by atoms with van der Waals surface area (Å²) in [6.07, 6.45) is 5.87. The zero-order valence-corrected chi connectivity index (χ0v) is 8.70. The van der Waals surface area contributed by atoms with E-state index in [0.717, 1.165) is 5.57 Å². The Hall–Kier alpha value is -1.36. The summed E-state index contributed by atoms with van der Waals surface area (Å²) in [5.74, 6) is 0.389. The van der Waals surface area contributed by atoms with E-state index in [1.165, 1.54) is 0 Å². The lowest BCUT2D eigenvalue weighted by molar-refractivity contribution is 0.856. The minimum Gasteiger partial charge on any atom is -0.250 e. The molecule has 0 aliphatic heterocycles. The van der Waals surface area contributed by atoms with Crippen molar-refractivity contribution in [2.24, 2.45) is 10.9 Å². The summed E-state index contributed by atoms with van der Waals surface area (Å²) in [5.41, 5.74) is 1.65. The van der Waals surface area contributed by atoms with Crippen LogP contribution in [0.15, 0.2) is 28.9 Å². The molecule has 13 heavy (non-hydrogen) atoms. The first-order valence-corrected chi connectivity index (χ1v) is 4.35. The van der Waals surface area contributed by atoms with Gasteiger partial charge in [-0.1, -0.05) is 19.1 Å². The van der Waals surface area contributed by atoms with Gasteiger partial charge in [-0.3, -0.25) is 4.99 Å². The maximum absolute atomic E-state index is 8.47. The summed E-state index contributed by atoms with van der Waals surface area (Å²) >= 11 is 0. The highest BCUT2D eigenvalue weighted by molar-refractivity contribution is 5.96. The Kier molecular flexibility index (Phi) is 5.54. The maximum atomic E-state index is 8.47. The van der Waals surface area contributed by atoms with Crippen molar-refractivity contribution in [1.82, 2.24) is 0 Å². The monoisotopic (exact) mass is 176 g/mol. The smallest absolute Gasteiger partial charge is 0.115 e. The topological polar surface area (TPSA) is 36.1 Å². The van der Waals surface area contributed by atoms with Gasteiger partial charge >= 0.3 is 0 Å². The Balaban J connectivity index is 4.43. The van der Waals surface area contributed by atoms with Gasteiger partial charge in [0.05, 0.1) is 0 Å². The van der Waals surface area contributed by atoms with Crippen molar-refractivity contribution in [2.75, 3.05) is 0 Å². The normalized spacial score (nSPS) is 15.9. The van der Waals surface area contributed by atoms with E-state index >= 15 is 0 Å². The fraction of sp³-hybridized carbons (Fsp3) is 0.455. The molecule has 0 saturated carbocycles. The van der Waals surface area contributed by atoms with Gasteiger partial charge in [0.1, 0.15) is 11.8 Å². The summed E-state index contributed by atoms with van der Waals surface area (Å²) < 4.78 is 0. The summed E-state index contributed by atoms with van der Waals surface area (Å²) in [6.45, 7) is 7.81. The molecular formula is C11H16N2. The predicted molar refractivity (Wildman–Crippen MR) is 56.5 cm³/mol. The van der Waals surface area contributed by atoms with Crippen molar-refractivity contribution in [3.05, 3.63) is 23.9 Å². The van der Waals surface area contributed by atoms with Crippen molar-refractivity contribution in [2.45, 2.75) is 27.7 Å². The molecule has 0 saturated heterocycles. The van der Waals surface area contributed by atoms with Crippen LogP contribution in [0.2, 0.25) is 0 Å². The largest absolute Gasteiger partial charge is 0.250 e. The van der Waals surface area contributed by atoms with Gasteiger partial charge in [-0.2, -0.15) is 5.26 Å². The van der Waals surface area contributed by atoms with Crippen molar-refractivity contribution >= 4 is 5.71 Å². The van der Waals surface area contributed by atoms with Gasteiger partial charge in [-0.05, 0) is 32.3 Å². The number of nitrogens with zero attached hydrogens (tertiary/aromatic N) is 2. The number of allylic oxidation sites excluding steroid dienone is 3. The Morgan fingerprint density at radius 1 is 1.46 bits per heavy atom. The SMILES string of the molecule is C/C=C\C(C)/C(C)=C/N=C(C)C#N. The molecule has 0 fully saturated rings. The molecule has 70 valence electrons. The van der Waals surface area contributed by atoms with E-state index in [1.807, 2.05) is 26.0 Å². The molecule has 0 aromatic carbocycles. The van der Waals surface area contributed by atoms with Crippen LogP contribution in [0.1, 0.15) is 27.7 Å². The van der Waals surface area contributed by atoms with Gasteiger partial charge in [0.25, 0.3) is 0 Å². The highest BCUT2D eigenvalue weighted by Crippen LogP contribution is 2.10. The summed E-state index contributed by atoms with van der Waals surface area (Å²) in [7, 11) is 0. The van der Waals surface area contributed by atoms with Gasteiger partial charge in [-0.15, -0.1) is 0 Å². The van der Waals surface area contributed by atoms with Gasteiger partial charge < -0.3 is 0 Å². The molecule has 0 heterocycles. The van der Waals surface area contributed by atoms with E-state index in [9.17, 15) is 0 Å². The molecule has 0 aliphatic carbocycles. The van der Waals surface area contributed by atoms with Crippen LogP contribution in [-0.2, 0) is 0 Å². The fourth-order valence-corrected chi connectivity index (χ4v) is 0.786. The Morgan fingerprint density at radius 2 is 2.08 bits per heavy atom. The van der Waals surface area contributed by atoms with Gasteiger partial charge in [0.15, 0.2) is 0 Å². The van der Waals surface area contributed by atoms with Crippen molar-refractivity contribution in [3.8, 4) is 6.07 Å². The molecule has 2 heteroatoms. The number of hydrogen-bond acceptors (Lipinski definition) is 2. The van der Waals surface area contributed by atoms with Crippen molar-refractivity contribution in [3.63, 3.8) is 0 Å². The zero-order chi connectivity index (χ0) is 10.3. The molecule has 0 N–H and O–H groups in total. The van der Waals surface area contributed by atoms with Crippen LogP contribution < -0.4 is 0 Å². The highest BCUT2D eigenvalue weighted by Gasteiger charge is 1.97. The highest BCUT2D eigenvalue weighted by atomic mass is 14.7. The lowest BCUT2D eigenvalue weighted by atomic mass is 10.0. The first kappa shape index (κ1) is 11.6. The average Bonchev–Trinajstić information content (AvgIpc) is 2.13.